The largest absolute Gasteiger partial charge is 0.491 e. The van der Waals surface area contributed by atoms with E-state index >= 15 is 0 Å². The van der Waals surface area contributed by atoms with Gasteiger partial charge < -0.3 is 10.1 Å². The van der Waals surface area contributed by atoms with Crippen molar-refractivity contribution in [2.75, 3.05) is 31.6 Å². The van der Waals surface area contributed by atoms with Gasteiger partial charge in [-0.1, -0.05) is 30.3 Å². The number of hydrogen-bond acceptors (Lipinski definition) is 4. The van der Waals surface area contributed by atoms with Crippen molar-refractivity contribution in [3.8, 4) is 5.75 Å². The lowest BCUT2D eigenvalue weighted by molar-refractivity contribution is -0.120. The number of nitrogens with one attached hydrogen (secondary N) is 1. The maximum absolute atomic E-state index is 14.2. The van der Waals surface area contributed by atoms with Crippen molar-refractivity contribution >= 4 is 21.8 Å². The minimum atomic E-state index is -4.07. The fourth-order valence-corrected chi connectivity index (χ4v) is 3.64. The van der Waals surface area contributed by atoms with Gasteiger partial charge in [0.05, 0.1) is 11.7 Å². The molecule has 0 aromatic heterocycles. The van der Waals surface area contributed by atoms with Crippen molar-refractivity contribution in [1.82, 2.24) is 9.62 Å². The van der Waals surface area contributed by atoms with E-state index in [1.807, 2.05) is 31.2 Å². The molecule has 1 N–H and O–H groups in total. The summed E-state index contributed by atoms with van der Waals surface area (Å²) in [6.07, 6.45) is 0. The van der Waals surface area contributed by atoms with Crippen LogP contribution in [0.1, 0.15) is 12.5 Å². The number of carbonyl (C=O) groups excluding carboxylic acids is 1. The van der Waals surface area contributed by atoms with Gasteiger partial charge in [0.2, 0.25) is 5.91 Å². The van der Waals surface area contributed by atoms with Gasteiger partial charge in [-0.2, -0.15) is 12.7 Å². The third kappa shape index (κ3) is 5.91. The van der Waals surface area contributed by atoms with Crippen molar-refractivity contribution in [1.29, 1.82) is 0 Å². The van der Waals surface area contributed by atoms with E-state index in [9.17, 15) is 17.6 Å². The molecule has 0 bridgehead atoms. The Morgan fingerprint density at radius 1 is 1.14 bits per heavy atom. The Balaban J connectivity index is 2.08. The molecule has 29 heavy (non-hydrogen) atoms. The van der Waals surface area contributed by atoms with Crippen LogP contribution in [0.5, 0.6) is 5.75 Å². The zero-order valence-corrected chi connectivity index (χ0v) is 17.7. The first-order valence-corrected chi connectivity index (χ1v) is 10.4. The summed E-state index contributed by atoms with van der Waals surface area (Å²) < 4.78 is 46.9. The Labute approximate surface area is 171 Å². The molecule has 0 spiro atoms. The van der Waals surface area contributed by atoms with E-state index < -0.39 is 28.5 Å². The summed E-state index contributed by atoms with van der Waals surface area (Å²) in [5.41, 5.74) is 0.772. The molecular formula is C20H26FN3O4S. The molecule has 0 aliphatic carbocycles. The molecule has 158 valence electrons. The number of rotatable bonds is 9. The molecule has 0 heterocycles. The first-order valence-electron chi connectivity index (χ1n) is 9.05. The minimum Gasteiger partial charge on any atom is -0.491 e. The molecule has 0 fully saturated rings. The Bertz CT molecular complexity index is 950. The average molecular weight is 424 g/mol. The molecular weight excluding hydrogens is 397 g/mol. The van der Waals surface area contributed by atoms with Crippen molar-refractivity contribution in [3.63, 3.8) is 0 Å². The number of ether oxygens (including phenoxy) is 1. The summed E-state index contributed by atoms with van der Waals surface area (Å²) in [5, 5.41) is 2.69. The van der Waals surface area contributed by atoms with Gasteiger partial charge in [-0.25, -0.2) is 8.70 Å². The number of halogens is 1. The van der Waals surface area contributed by atoms with Gasteiger partial charge >= 0.3 is 10.2 Å². The molecule has 0 saturated heterocycles. The lowest BCUT2D eigenvalue weighted by Crippen LogP contribution is -2.48. The fraction of sp³-hybridized carbons (Fsp3) is 0.350. The van der Waals surface area contributed by atoms with Crippen LogP contribution >= 0.6 is 0 Å². The van der Waals surface area contributed by atoms with Gasteiger partial charge in [0.1, 0.15) is 24.7 Å². The van der Waals surface area contributed by atoms with Crippen LogP contribution in [0, 0.1) is 12.7 Å². The van der Waals surface area contributed by atoms with Gasteiger partial charge in [-0.05, 0) is 37.6 Å². The fourth-order valence-electron chi connectivity index (χ4n) is 2.57. The standard InChI is InChI=1S/C20H26FN3O4S/c1-15-9-5-8-12-19(15)28-14-16(2)22-20(25)13-24(29(26,27)23(3)4)18-11-7-6-10-17(18)21/h5-12,16H,13-14H2,1-4H3,(H,22,25). The number of para-hydroxylation sites is 2. The number of carbonyl (C=O) groups is 1. The SMILES string of the molecule is Cc1ccccc1OCC(C)NC(=O)CN(c1ccccc1F)S(=O)(=O)N(C)C. The third-order valence-electron chi connectivity index (χ3n) is 4.14. The van der Waals surface area contributed by atoms with E-state index in [0.29, 0.717) is 5.75 Å². The second-order valence-electron chi connectivity index (χ2n) is 6.79. The molecule has 0 radical (unpaired) electrons. The van der Waals surface area contributed by atoms with E-state index in [2.05, 4.69) is 5.32 Å². The van der Waals surface area contributed by atoms with E-state index in [4.69, 9.17) is 4.74 Å². The second kappa shape index (κ2) is 9.71. The maximum atomic E-state index is 14.2. The number of aryl methyl sites for hydroxylation is 1. The molecule has 2 rings (SSSR count). The summed E-state index contributed by atoms with van der Waals surface area (Å²) >= 11 is 0. The number of amides is 1. The number of benzene rings is 2. The van der Waals surface area contributed by atoms with Crippen LogP contribution in [-0.4, -0.2) is 51.9 Å². The molecule has 0 aliphatic heterocycles. The highest BCUT2D eigenvalue weighted by atomic mass is 32.2. The lowest BCUT2D eigenvalue weighted by atomic mass is 10.2. The van der Waals surface area contributed by atoms with Crippen LogP contribution in [0.2, 0.25) is 0 Å². The summed E-state index contributed by atoms with van der Waals surface area (Å²) in [7, 11) is -1.43. The molecule has 7 nitrogen and oxygen atoms in total. The Kier molecular flexibility index (Phi) is 7.58. The lowest BCUT2D eigenvalue weighted by Gasteiger charge is -2.27. The van der Waals surface area contributed by atoms with Gasteiger partial charge in [0.15, 0.2) is 0 Å². The smallest absolute Gasteiger partial charge is 0.304 e. The van der Waals surface area contributed by atoms with Crippen LogP contribution in [0.4, 0.5) is 10.1 Å². The van der Waals surface area contributed by atoms with Crippen molar-refractivity contribution in [2.24, 2.45) is 0 Å². The number of nitrogens with zero attached hydrogens (tertiary/aromatic N) is 2. The Hall–Kier alpha value is -2.65. The van der Waals surface area contributed by atoms with Crippen molar-refractivity contribution in [3.05, 3.63) is 59.9 Å². The topological polar surface area (TPSA) is 79.0 Å². The molecule has 2 aromatic carbocycles. The quantitative estimate of drug-likeness (QED) is 0.672. The molecule has 1 unspecified atom stereocenters. The monoisotopic (exact) mass is 423 g/mol. The highest BCUT2D eigenvalue weighted by Gasteiger charge is 2.29. The average Bonchev–Trinajstić information content (AvgIpc) is 2.66. The highest BCUT2D eigenvalue weighted by Crippen LogP contribution is 2.22. The normalized spacial score (nSPS) is 12.5. The van der Waals surface area contributed by atoms with Crippen LogP contribution in [0.15, 0.2) is 48.5 Å². The third-order valence-corrected chi connectivity index (χ3v) is 5.94. The number of hydrogen-bond donors (Lipinski definition) is 1. The van der Waals surface area contributed by atoms with Crippen LogP contribution in [-0.2, 0) is 15.0 Å². The predicted molar refractivity (Wildman–Crippen MR) is 111 cm³/mol. The molecule has 2 aromatic rings. The van der Waals surface area contributed by atoms with E-state index in [1.54, 1.807) is 6.92 Å². The maximum Gasteiger partial charge on any atom is 0.304 e. The zero-order valence-electron chi connectivity index (χ0n) is 16.9. The van der Waals surface area contributed by atoms with Crippen LogP contribution in [0.25, 0.3) is 0 Å². The van der Waals surface area contributed by atoms with Gasteiger partial charge in [-0.15, -0.1) is 0 Å². The van der Waals surface area contributed by atoms with E-state index in [-0.39, 0.29) is 18.3 Å². The molecule has 0 saturated carbocycles. The second-order valence-corrected chi connectivity index (χ2v) is 8.86. The molecule has 1 amide bonds. The molecule has 9 heteroatoms. The van der Waals surface area contributed by atoms with Crippen molar-refractivity contribution in [2.45, 2.75) is 19.9 Å². The van der Waals surface area contributed by atoms with E-state index in [1.165, 1.54) is 32.3 Å². The van der Waals surface area contributed by atoms with Crippen LogP contribution < -0.4 is 14.4 Å². The van der Waals surface area contributed by atoms with Gasteiger partial charge in [0.25, 0.3) is 0 Å². The van der Waals surface area contributed by atoms with Gasteiger partial charge in [0, 0.05) is 14.1 Å². The molecule has 0 aliphatic rings. The number of anilines is 1. The molecule has 1 atom stereocenters. The summed E-state index contributed by atoms with van der Waals surface area (Å²) in [4.78, 5) is 12.5. The van der Waals surface area contributed by atoms with E-state index in [0.717, 1.165) is 20.2 Å². The first kappa shape index (κ1) is 22.6. The summed E-state index contributed by atoms with van der Waals surface area (Å²) in [6, 6.07) is 12.5. The van der Waals surface area contributed by atoms with Crippen LogP contribution in [0.3, 0.4) is 0 Å². The predicted octanol–water partition coefficient (Wildman–Crippen LogP) is 2.33. The zero-order chi connectivity index (χ0) is 21.6. The first-order chi connectivity index (χ1) is 13.6. The highest BCUT2D eigenvalue weighted by molar-refractivity contribution is 7.90. The Morgan fingerprint density at radius 3 is 2.38 bits per heavy atom. The Morgan fingerprint density at radius 2 is 1.76 bits per heavy atom. The van der Waals surface area contributed by atoms with Crippen molar-refractivity contribution < 1.29 is 22.3 Å². The minimum absolute atomic E-state index is 0.194. The summed E-state index contributed by atoms with van der Waals surface area (Å²) in [5.74, 6) is -0.599. The van der Waals surface area contributed by atoms with Gasteiger partial charge in [-0.3, -0.25) is 4.79 Å². The summed E-state index contributed by atoms with van der Waals surface area (Å²) in [6.45, 7) is 3.30.